The molecule has 2 N–H and O–H groups in total. The second-order valence-electron chi connectivity index (χ2n) is 5.24. The molecule has 0 atom stereocenters. The van der Waals surface area contributed by atoms with Crippen molar-refractivity contribution in [2.45, 2.75) is 44.7 Å². The first-order valence-corrected chi connectivity index (χ1v) is 8.13. The van der Waals surface area contributed by atoms with Crippen LogP contribution in [0.1, 0.15) is 35.4 Å². The third-order valence-electron chi connectivity index (χ3n) is 3.26. The van der Waals surface area contributed by atoms with Gasteiger partial charge in [0.25, 0.3) is 0 Å². The van der Waals surface area contributed by atoms with Crippen LogP contribution in [-0.4, -0.2) is 31.6 Å². The number of amides is 1. The number of ether oxygens (including phenoxy) is 1. The molecule has 0 aliphatic heterocycles. The predicted molar refractivity (Wildman–Crippen MR) is 82.1 cm³/mol. The molecular weight excluding hydrogens is 288 g/mol. The summed E-state index contributed by atoms with van der Waals surface area (Å²) in [5.74, 6) is -0.0474. The number of hydrogen-bond acceptors (Lipinski definition) is 5. The van der Waals surface area contributed by atoms with E-state index in [1.165, 1.54) is 12.0 Å². The van der Waals surface area contributed by atoms with E-state index in [1.807, 2.05) is 12.1 Å². The zero-order valence-electron chi connectivity index (χ0n) is 12.3. The third kappa shape index (κ3) is 6.27. The smallest absolute Gasteiger partial charge is 0.310 e. The number of rotatable bonds is 9. The summed E-state index contributed by atoms with van der Waals surface area (Å²) in [5.41, 5.74) is 0. The van der Waals surface area contributed by atoms with Crippen molar-refractivity contribution in [1.82, 2.24) is 10.6 Å². The van der Waals surface area contributed by atoms with Gasteiger partial charge in [0.05, 0.1) is 13.5 Å². The highest BCUT2D eigenvalue weighted by molar-refractivity contribution is 7.12. The molecule has 1 saturated carbocycles. The summed E-state index contributed by atoms with van der Waals surface area (Å²) in [5, 5.41) is 6.30. The van der Waals surface area contributed by atoms with E-state index in [2.05, 4.69) is 15.4 Å². The van der Waals surface area contributed by atoms with E-state index in [-0.39, 0.29) is 11.9 Å². The standard InChI is InChI=1S/C15H22N2O3S/c1-20-15(19)9-12-6-7-13(21-12)10-16-8-2-3-14(18)17-11-4-5-11/h6-7,11,16H,2-5,8-10H2,1H3,(H,17,18). The van der Waals surface area contributed by atoms with Crippen LogP contribution in [0.4, 0.5) is 0 Å². The van der Waals surface area contributed by atoms with Crippen molar-refractivity contribution in [3.63, 3.8) is 0 Å². The normalized spacial score (nSPS) is 14.0. The van der Waals surface area contributed by atoms with Gasteiger partial charge in [-0.05, 0) is 37.9 Å². The maximum Gasteiger partial charge on any atom is 0.310 e. The average Bonchev–Trinajstić information content (AvgIpc) is 3.16. The second kappa shape index (κ2) is 8.14. The Morgan fingerprint density at radius 2 is 2.10 bits per heavy atom. The molecule has 2 rings (SSSR count). The Bertz CT molecular complexity index is 483. The summed E-state index contributed by atoms with van der Waals surface area (Å²) in [7, 11) is 1.40. The summed E-state index contributed by atoms with van der Waals surface area (Å²) in [6, 6.07) is 4.43. The summed E-state index contributed by atoms with van der Waals surface area (Å²) >= 11 is 1.61. The largest absolute Gasteiger partial charge is 0.469 e. The fourth-order valence-electron chi connectivity index (χ4n) is 1.94. The van der Waals surface area contributed by atoms with Crippen LogP contribution in [-0.2, 0) is 27.3 Å². The Balaban J connectivity index is 1.55. The van der Waals surface area contributed by atoms with Crippen molar-refractivity contribution >= 4 is 23.2 Å². The van der Waals surface area contributed by atoms with Gasteiger partial charge >= 0.3 is 5.97 Å². The summed E-state index contributed by atoms with van der Waals surface area (Å²) in [6.07, 6.45) is 4.04. The molecule has 1 amide bonds. The van der Waals surface area contributed by atoms with Crippen LogP contribution in [0.15, 0.2) is 12.1 Å². The fourth-order valence-corrected chi connectivity index (χ4v) is 2.91. The lowest BCUT2D eigenvalue weighted by Crippen LogP contribution is -2.26. The number of nitrogens with one attached hydrogen (secondary N) is 2. The highest BCUT2D eigenvalue weighted by atomic mass is 32.1. The topological polar surface area (TPSA) is 67.4 Å². The van der Waals surface area contributed by atoms with E-state index in [1.54, 1.807) is 11.3 Å². The minimum Gasteiger partial charge on any atom is -0.469 e. The van der Waals surface area contributed by atoms with Gasteiger partial charge in [-0.15, -0.1) is 11.3 Å². The van der Waals surface area contributed by atoms with Crippen molar-refractivity contribution in [2.24, 2.45) is 0 Å². The number of carbonyl (C=O) groups excluding carboxylic acids is 2. The number of methoxy groups -OCH3 is 1. The fraction of sp³-hybridized carbons (Fsp3) is 0.600. The molecular formula is C15H22N2O3S. The van der Waals surface area contributed by atoms with Crippen LogP contribution in [0.3, 0.4) is 0 Å². The van der Waals surface area contributed by atoms with E-state index in [0.29, 0.717) is 18.9 Å². The van der Waals surface area contributed by atoms with Gasteiger partial charge in [-0.2, -0.15) is 0 Å². The highest BCUT2D eigenvalue weighted by Gasteiger charge is 2.22. The molecule has 1 aromatic rings. The maximum atomic E-state index is 11.5. The van der Waals surface area contributed by atoms with Crippen molar-refractivity contribution < 1.29 is 14.3 Å². The van der Waals surface area contributed by atoms with Gasteiger partial charge in [-0.25, -0.2) is 0 Å². The first-order chi connectivity index (χ1) is 10.2. The van der Waals surface area contributed by atoms with Crippen molar-refractivity contribution in [3.05, 3.63) is 21.9 Å². The average molecular weight is 310 g/mol. The minimum atomic E-state index is -0.210. The maximum absolute atomic E-state index is 11.5. The van der Waals surface area contributed by atoms with Gasteiger partial charge < -0.3 is 15.4 Å². The van der Waals surface area contributed by atoms with E-state index in [0.717, 1.165) is 37.2 Å². The van der Waals surface area contributed by atoms with Gasteiger partial charge in [0.15, 0.2) is 0 Å². The van der Waals surface area contributed by atoms with Gasteiger partial charge in [0.2, 0.25) is 5.91 Å². The molecule has 1 aliphatic carbocycles. The summed E-state index contributed by atoms with van der Waals surface area (Å²) in [6.45, 7) is 1.60. The van der Waals surface area contributed by atoms with Crippen molar-refractivity contribution in [1.29, 1.82) is 0 Å². The number of carbonyl (C=O) groups is 2. The first kappa shape index (κ1) is 16.0. The lowest BCUT2D eigenvalue weighted by molar-refractivity contribution is -0.139. The van der Waals surface area contributed by atoms with Gasteiger partial charge in [-0.3, -0.25) is 9.59 Å². The molecule has 1 aliphatic rings. The first-order valence-electron chi connectivity index (χ1n) is 7.32. The molecule has 1 aromatic heterocycles. The molecule has 0 aromatic carbocycles. The van der Waals surface area contributed by atoms with Crippen LogP contribution in [0, 0.1) is 0 Å². The van der Waals surface area contributed by atoms with E-state index < -0.39 is 0 Å². The quantitative estimate of drug-likeness (QED) is 0.537. The molecule has 6 heteroatoms. The van der Waals surface area contributed by atoms with E-state index in [9.17, 15) is 9.59 Å². The lowest BCUT2D eigenvalue weighted by atomic mass is 10.3. The molecule has 1 heterocycles. The van der Waals surface area contributed by atoms with Crippen LogP contribution in [0.25, 0.3) is 0 Å². The van der Waals surface area contributed by atoms with Gasteiger partial charge in [-0.1, -0.05) is 0 Å². The highest BCUT2D eigenvalue weighted by Crippen LogP contribution is 2.19. The number of thiophene rings is 1. The lowest BCUT2D eigenvalue weighted by Gasteiger charge is -2.04. The monoisotopic (exact) mass is 310 g/mol. The predicted octanol–water partition coefficient (Wildman–Crippen LogP) is 1.61. The zero-order valence-corrected chi connectivity index (χ0v) is 13.1. The summed E-state index contributed by atoms with van der Waals surface area (Å²) in [4.78, 5) is 24.9. The van der Waals surface area contributed by atoms with Crippen LogP contribution >= 0.6 is 11.3 Å². The van der Waals surface area contributed by atoms with Crippen LogP contribution in [0.2, 0.25) is 0 Å². The molecule has 0 radical (unpaired) electrons. The van der Waals surface area contributed by atoms with E-state index in [4.69, 9.17) is 0 Å². The Morgan fingerprint density at radius 1 is 1.33 bits per heavy atom. The van der Waals surface area contributed by atoms with Crippen molar-refractivity contribution in [2.75, 3.05) is 13.7 Å². The summed E-state index contributed by atoms with van der Waals surface area (Å²) < 4.78 is 4.64. The van der Waals surface area contributed by atoms with Crippen molar-refractivity contribution in [3.8, 4) is 0 Å². The molecule has 0 bridgehead atoms. The van der Waals surface area contributed by atoms with Crippen LogP contribution < -0.4 is 10.6 Å². The van der Waals surface area contributed by atoms with Crippen LogP contribution in [0.5, 0.6) is 0 Å². The molecule has 0 spiro atoms. The second-order valence-corrected chi connectivity index (χ2v) is 6.50. The van der Waals surface area contributed by atoms with Gasteiger partial charge in [0, 0.05) is 28.8 Å². The number of hydrogen-bond donors (Lipinski definition) is 2. The zero-order chi connectivity index (χ0) is 15.1. The molecule has 0 unspecified atom stereocenters. The third-order valence-corrected chi connectivity index (χ3v) is 4.35. The molecule has 5 nitrogen and oxygen atoms in total. The van der Waals surface area contributed by atoms with E-state index >= 15 is 0 Å². The molecule has 116 valence electrons. The minimum absolute atomic E-state index is 0.163. The molecule has 21 heavy (non-hydrogen) atoms. The SMILES string of the molecule is COC(=O)Cc1ccc(CNCCCC(=O)NC2CC2)s1. The Kier molecular flexibility index (Phi) is 6.20. The van der Waals surface area contributed by atoms with Gasteiger partial charge in [0.1, 0.15) is 0 Å². The Morgan fingerprint density at radius 3 is 2.81 bits per heavy atom. The number of esters is 1. The molecule has 1 fully saturated rings. The Labute approximate surface area is 129 Å². The molecule has 0 saturated heterocycles. The Hall–Kier alpha value is -1.40.